The second-order valence-electron chi connectivity index (χ2n) is 3.80. The third-order valence-electron chi connectivity index (χ3n) is 2.67. The number of aromatic nitrogens is 2. The van der Waals surface area contributed by atoms with Gasteiger partial charge in [0.15, 0.2) is 0 Å². The Bertz CT molecular complexity index is 471. The Morgan fingerprint density at radius 2 is 2.50 bits per heavy atom. The van der Waals surface area contributed by atoms with Crippen LogP contribution in [0.1, 0.15) is 5.56 Å². The molecule has 72 valence electrons. The van der Waals surface area contributed by atoms with Gasteiger partial charge >= 0.3 is 0 Å². The average Bonchev–Trinajstić information content (AvgIpc) is 2.95. The van der Waals surface area contributed by atoms with Crippen LogP contribution >= 0.6 is 0 Å². The van der Waals surface area contributed by atoms with Crippen LogP contribution in [0.25, 0.3) is 11.0 Å². The highest BCUT2D eigenvalue weighted by molar-refractivity contribution is 5.80. The zero-order chi connectivity index (χ0) is 9.54. The molecule has 0 bridgehead atoms. The van der Waals surface area contributed by atoms with Crippen molar-refractivity contribution in [3.05, 3.63) is 30.1 Å². The first-order chi connectivity index (χ1) is 6.84. The summed E-state index contributed by atoms with van der Waals surface area (Å²) in [5.41, 5.74) is 2.40. The van der Waals surface area contributed by atoms with Crippen molar-refractivity contribution in [3.8, 4) is 0 Å². The Morgan fingerprint density at radius 1 is 1.64 bits per heavy atom. The first kappa shape index (κ1) is 8.00. The molecular weight excluding hydrogens is 176 g/mol. The van der Waals surface area contributed by atoms with E-state index in [0.29, 0.717) is 6.10 Å². The monoisotopic (exact) mass is 188 g/mol. The summed E-state index contributed by atoms with van der Waals surface area (Å²) in [6, 6.07) is 4.11. The maximum absolute atomic E-state index is 5.24. The van der Waals surface area contributed by atoms with Crippen LogP contribution < -0.4 is 0 Å². The van der Waals surface area contributed by atoms with Gasteiger partial charge in [0.2, 0.25) is 0 Å². The van der Waals surface area contributed by atoms with Crippen LogP contribution in [-0.4, -0.2) is 22.3 Å². The number of rotatable bonds is 2. The predicted molar refractivity (Wildman–Crippen MR) is 54.2 cm³/mol. The molecule has 14 heavy (non-hydrogen) atoms. The molecule has 1 atom stereocenters. The van der Waals surface area contributed by atoms with Crippen molar-refractivity contribution >= 4 is 11.0 Å². The molecule has 0 radical (unpaired) electrons. The Balaban J connectivity index is 2.12. The molecule has 0 aromatic carbocycles. The zero-order valence-electron chi connectivity index (χ0n) is 8.10. The highest BCUT2D eigenvalue weighted by atomic mass is 16.6. The van der Waals surface area contributed by atoms with E-state index in [9.17, 15) is 0 Å². The lowest BCUT2D eigenvalue weighted by atomic mass is 10.1. The standard InChI is InChI=1S/C11H12N2O/c1-13-6-8(5-9-7-14-9)10-3-2-4-12-11(10)13/h2-4,6,9H,5,7H2,1H3. The third-order valence-corrected chi connectivity index (χ3v) is 2.67. The van der Waals surface area contributed by atoms with Gasteiger partial charge in [-0.3, -0.25) is 0 Å². The van der Waals surface area contributed by atoms with Crippen LogP contribution in [0.3, 0.4) is 0 Å². The summed E-state index contributed by atoms with van der Waals surface area (Å²) in [5, 5.41) is 1.26. The zero-order valence-corrected chi connectivity index (χ0v) is 8.10. The van der Waals surface area contributed by atoms with E-state index >= 15 is 0 Å². The van der Waals surface area contributed by atoms with Crippen LogP contribution in [0.4, 0.5) is 0 Å². The molecular formula is C11H12N2O. The molecule has 3 heteroatoms. The van der Waals surface area contributed by atoms with E-state index in [1.54, 1.807) is 0 Å². The molecule has 0 saturated carbocycles. The van der Waals surface area contributed by atoms with E-state index in [1.807, 2.05) is 19.3 Å². The largest absolute Gasteiger partial charge is 0.373 e. The highest BCUT2D eigenvalue weighted by Crippen LogP contribution is 2.23. The number of nitrogens with zero attached hydrogens (tertiary/aromatic N) is 2. The molecule has 0 spiro atoms. The highest BCUT2D eigenvalue weighted by Gasteiger charge is 2.24. The Labute approximate surface area is 82.3 Å². The van der Waals surface area contributed by atoms with Gasteiger partial charge in [-0.15, -0.1) is 0 Å². The van der Waals surface area contributed by atoms with Gasteiger partial charge in [0.05, 0.1) is 12.7 Å². The summed E-state index contributed by atoms with van der Waals surface area (Å²) in [5.74, 6) is 0. The molecule has 1 unspecified atom stereocenters. The van der Waals surface area contributed by atoms with Gasteiger partial charge in [0.25, 0.3) is 0 Å². The minimum atomic E-state index is 0.445. The van der Waals surface area contributed by atoms with Crippen molar-refractivity contribution in [1.82, 2.24) is 9.55 Å². The Kier molecular flexibility index (Phi) is 1.61. The van der Waals surface area contributed by atoms with E-state index in [1.165, 1.54) is 10.9 Å². The van der Waals surface area contributed by atoms with E-state index in [4.69, 9.17) is 4.74 Å². The smallest absolute Gasteiger partial charge is 0.139 e. The van der Waals surface area contributed by atoms with Gasteiger partial charge in [-0.25, -0.2) is 4.98 Å². The molecule has 1 saturated heterocycles. The average molecular weight is 188 g/mol. The van der Waals surface area contributed by atoms with Crippen molar-refractivity contribution in [2.75, 3.05) is 6.61 Å². The van der Waals surface area contributed by atoms with Crippen LogP contribution in [0.5, 0.6) is 0 Å². The van der Waals surface area contributed by atoms with Gasteiger partial charge in [0, 0.05) is 31.2 Å². The fourth-order valence-electron chi connectivity index (χ4n) is 1.89. The van der Waals surface area contributed by atoms with E-state index in [2.05, 4.69) is 21.8 Å². The lowest BCUT2D eigenvalue weighted by molar-refractivity contribution is 0.408. The number of hydrogen-bond acceptors (Lipinski definition) is 2. The molecule has 1 aliphatic rings. The number of epoxide rings is 1. The predicted octanol–water partition coefficient (Wildman–Crippen LogP) is 1.51. The molecule has 0 N–H and O–H groups in total. The topological polar surface area (TPSA) is 30.4 Å². The van der Waals surface area contributed by atoms with Gasteiger partial charge in [-0.2, -0.15) is 0 Å². The molecule has 3 heterocycles. The number of fused-ring (bicyclic) bond motifs is 1. The molecule has 0 amide bonds. The molecule has 2 aromatic rings. The number of pyridine rings is 1. The molecule has 1 fully saturated rings. The fourth-order valence-corrected chi connectivity index (χ4v) is 1.89. The maximum Gasteiger partial charge on any atom is 0.139 e. The van der Waals surface area contributed by atoms with Gasteiger partial charge in [-0.05, 0) is 17.7 Å². The van der Waals surface area contributed by atoms with Crippen LogP contribution in [0.15, 0.2) is 24.5 Å². The van der Waals surface area contributed by atoms with Crippen molar-refractivity contribution in [1.29, 1.82) is 0 Å². The van der Waals surface area contributed by atoms with Crippen molar-refractivity contribution in [2.24, 2.45) is 7.05 Å². The van der Waals surface area contributed by atoms with E-state index in [-0.39, 0.29) is 0 Å². The molecule has 3 rings (SSSR count). The lowest BCUT2D eigenvalue weighted by Gasteiger charge is -1.93. The van der Waals surface area contributed by atoms with E-state index in [0.717, 1.165) is 18.7 Å². The minimum absolute atomic E-state index is 0.445. The summed E-state index contributed by atoms with van der Waals surface area (Å²) in [6.45, 7) is 0.913. The Hall–Kier alpha value is -1.35. The van der Waals surface area contributed by atoms with E-state index < -0.39 is 0 Å². The van der Waals surface area contributed by atoms with Crippen LogP contribution in [0, 0.1) is 0 Å². The number of ether oxygens (including phenoxy) is 1. The molecule has 0 aliphatic carbocycles. The minimum Gasteiger partial charge on any atom is -0.373 e. The van der Waals surface area contributed by atoms with Crippen molar-refractivity contribution in [2.45, 2.75) is 12.5 Å². The maximum atomic E-state index is 5.24. The van der Waals surface area contributed by atoms with Gasteiger partial charge in [-0.1, -0.05) is 0 Å². The van der Waals surface area contributed by atoms with Gasteiger partial charge in [0.1, 0.15) is 5.65 Å². The van der Waals surface area contributed by atoms with Crippen LogP contribution in [-0.2, 0) is 18.2 Å². The Morgan fingerprint density at radius 3 is 3.29 bits per heavy atom. The lowest BCUT2D eigenvalue weighted by Crippen LogP contribution is -1.91. The van der Waals surface area contributed by atoms with Crippen molar-refractivity contribution < 1.29 is 4.74 Å². The second-order valence-corrected chi connectivity index (χ2v) is 3.80. The second kappa shape index (κ2) is 2.82. The SMILES string of the molecule is Cn1cc(CC2CO2)c2cccnc21. The van der Waals surface area contributed by atoms with Crippen LogP contribution in [0.2, 0.25) is 0 Å². The van der Waals surface area contributed by atoms with Gasteiger partial charge < -0.3 is 9.30 Å². The normalized spacial score (nSPS) is 20.2. The first-order valence-electron chi connectivity index (χ1n) is 4.85. The third kappa shape index (κ3) is 1.21. The molecule has 3 nitrogen and oxygen atoms in total. The summed E-state index contributed by atoms with van der Waals surface area (Å²) >= 11 is 0. The fraction of sp³-hybridized carbons (Fsp3) is 0.364. The van der Waals surface area contributed by atoms with Crippen molar-refractivity contribution in [3.63, 3.8) is 0 Å². The summed E-state index contributed by atoms with van der Waals surface area (Å²) in [4.78, 5) is 4.35. The summed E-state index contributed by atoms with van der Waals surface area (Å²) in [6.07, 6.45) is 5.45. The quantitative estimate of drug-likeness (QED) is 0.669. The number of hydrogen-bond donors (Lipinski definition) is 0. The first-order valence-corrected chi connectivity index (χ1v) is 4.85. The number of aryl methyl sites for hydroxylation is 1. The summed E-state index contributed by atoms with van der Waals surface area (Å²) in [7, 11) is 2.03. The molecule has 1 aliphatic heterocycles. The summed E-state index contributed by atoms with van der Waals surface area (Å²) < 4.78 is 7.32. The molecule has 2 aromatic heterocycles.